The van der Waals surface area contributed by atoms with Crippen LogP contribution >= 0.6 is 0 Å². The number of nitrogen functional groups attached to an aromatic ring is 1. The molecule has 2 rings (SSSR count). The van der Waals surface area contributed by atoms with Crippen LogP contribution in [-0.4, -0.2) is 30.2 Å². The molecule has 1 aromatic rings. The van der Waals surface area contributed by atoms with Crippen molar-refractivity contribution < 1.29 is 4.74 Å². The monoisotopic (exact) mass is 265 g/mol. The van der Waals surface area contributed by atoms with E-state index in [1.807, 2.05) is 6.07 Å². The molecule has 0 aliphatic carbocycles. The Kier molecular flexibility index (Phi) is 5.35. The van der Waals surface area contributed by atoms with Crippen molar-refractivity contribution in [3.8, 4) is 0 Å². The Morgan fingerprint density at radius 2 is 1.89 bits per heavy atom. The van der Waals surface area contributed by atoms with Gasteiger partial charge in [0.05, 0.1) is 0 Å². The minimum atomic E-state index is 0.399. The summed E-state index contributed by atoms with van der Waals surface area (Å²) in [5, 5.41) is 0. The summed E-state index contributed by atoms with van der Waals surface area (Å²) in [7, 11) is 1.64. The predicted octanol–water partition coefficient (Wildman–Crippen LogP) is 1.68. The van der Waals surface area contributed by atoms with Gasteiger partial charge in [0, 0.05) is 26.3 Å². The fourth-order valence-corrected chi connectivity index (χ4v) is 2.39. The van der Waals surface area contributed by atoms with Crippen LogP contribution < -0.4 is 16.2 Å². The molecule has 6 nitrogen and oxygen atoms in total. The average Bonchev–Trinajstić information content (AvgIpc) is 2.38. The Bertz CT molecular complexity index is 391. The van der Waals surface area contributed by atoms with Crippen LogP contribution in [0.2, 0.25) is 0 Å². The van der Waals surface area contributed by atoms with E-state index >= 15 is 0 Å². The molecule has 3 N–H and O–H groups in total. The molecule has 0 saturated carbocycles. The molecule has 1 aromatic heterocycles. The SMILES string of the molecule is COCc1nc(NN)cc(N2CCCCCCC2)n1. The molecule has 6 heteroatoms. The first-order chi connectivity index (χ1) is 9.33. The minimum Gasteiger partial charge on any atom is -0.377 e. The van der Waals surface area contributed by atoms with Gasteiger partial charge in [-0.1, -0.05) is 19.3 Å². The van der Waals surface area contributed by atoms with Gasteiger partial charge in [0.1, 0.15) is 18.2 Å². The third kappa shape index (κ3) is 4.04. The Balaban J connectivity index is 2.17. The number of anilines is 2. The molecule has 0 unspecified atom stereocenters. The topological polar surface area (TPSA) is 76.3 Å². The zero-order valence-corrected chi connectivity index (χ0v) is 11.6. The van der Waals surface area contributed by atoms with Gasteiger partial charge in [0.15, 0.2) is 5.82 Å². The quantitative estimate of drug-likeness (QED) is 0.637. The molecule has 2 heterocycles. The zero-order chi connectivity index (χ0) is 13.5. The molecule has 1 saturated heterocycles. The van der Waals surface area contributed by atoms with Gasteiger partial charge in [0.2, 0.25) is 0 Å². The van der Waals surface area contributed by atoms with Crippen LogP contribution in [-0.2, 0) is 11.3 Å². The van der Waals surface area contributed by atoms with Gasteiger partial charge in [-0.15, -0.1) is 0 Å². The van der Waals surface area contributed by atoms with Crippen molar-refractivity contribution >= 4 is 11.6 Å². The molecule has 19 heavy (non-hydrogen) atoms. The summed E-state index contributed by atoms with van der Waals surface area (Å²) in [6.07, 6.45) is 6.38. The summed E-state index contributed by atoms with van der Waals surface area (Å²) in [5.41, 5.74) is 2.60. The van der Waals surface area contributed by atoms with E-state index in [9.17, 15) is 0 Å². The molecular weight excluding hydrogens is 242 g/mol. The van der Waals surface area contributed by atoms with E-state index in [1.54, 1.807) is 7.11 Å². The zero-order valence-electron chi connectivity index (χ0n) is 11.6. The number of nitrogens with zero attached hydrogens (tertiary/aromatic N) is 3. The summed E-state index contributed by atoms with van der Waals surface area (Å²) in [6.45, 7) is 2.50. The summed E-state index contributed by atoms with van der Waals surface area (Å²) in [5.74, 6) is 7.71. The highest BCUT2D eigenvalue weighted by atomic mass is 16.5. The van der Waals surface area contributed by atoms with Crippen LogP contribution in [0.3, 0.4) is 0 Å². The molecule has 0 atom stereocenters. The molecule has 1 aliphatic rings. The summed E-state index contributed by atoms with van der Waals surface area (Å²) < 4.78 is 5.10. The third-order valence-corrected chi connectivity index (χ3v) is 3.36. The van der Waals surface area contributed by atoms with E-state index in [0.717, 1.165) is 18.9 Å². The maximum atomic E-state index is 5.47. The fourth-order valence-electron chi connectivity index (χ4n) is 2.39. The molecule has 1 fully saturated rings. The molecule has 0 aromatic carbocycles. The first-order valence-corrected chi connectivity index (χ1v) is 6.92. The van der Waals surface area contributed by atoms with Crippen molar-refractivity contribution in [2.75, 3.05) is 30.5 Å². The number of nitrogens with one attached hydrogen (secondary N) is 1. The van der Waals surface area contributed by atoms with Crippen molar-refractivity contribution in [3.05, 3.63) is 11.9 Å². The fraction of sp³-hybridized carbons (Fsp3) is 0.692. The van der Waals surface area contributed by atoms with E-state index in [2.05, 4.69) is 20.3 Å². The predicted molar refractivity (Wildman–Crippen MR) is 75.9 cm³/mol. The first kappa shape index (κ1) is 14.0. The average molecular weight is 265 g/mol. The number of aromatic nitrogens is 2. The van der Waals surface area contributed by atoms with Gasteiger partial charge in [-0.3, -0.25) is 0 Å². The lowest BCUT2D eigenvalue weighted by Gasteiger charge is -2.26. The number of hydrogen-bond donors (Lipinski definition) is 2. The second-order valence-corrected chi connectivity index (χ2v) is 4.86. The Morgan fingerprint density at radius 3 is 2.53 bits per heavy atom. The molecule has 0 amide bonds. The van der Waals surface area contributed by atoms with Gasteiger partial charge in [-0.25, -0.2) is 15.8 Å². The standard InChI is InChI=1S/C13H23N5O/c1-19-10-12-15-11(17-14)9-13(16-12)18-7-5-3-2-4-6-8-18/h9H,2-8,10,14H2,1H3,(H,15,16,17). The summed E-state index contributed by atoms with van der Waals surface area (Å²) in [4.78, 5) is 11.2. The van der Waals surface area contributed by atoms with Gasteiger partial charge in [-0.05, 0) is 12.8 Å². The second-order valence-electron chi connectivity index (χ2n) is 4.86. The van der Waals surface area contributed by atoms with Crippen molar-refractivity contribution in [1.29, 1.82) is 0 Å². The maximum absolute atomic E-state index is 5.47. The van der Waals surface area contributed by atoms with E-state index in [-0.39, 0.29) is 0 Å². The Hall–Kier alpha value is -1.40. The third-order valence-electron chi connectivity index (χ3n) is 3.36. The number of ether oxygens (including phenoxy) is 1. The number of rotatable bonds is 4. The highest BCUT2D eigenvalue weighted by Crippen LogP contribution is 2.19. The largest absolute Gasteiger partial charge is 0.377 e. The maximum Gasteiger partial charge on any atom is 0.158 e. The summed E-state index contributed by atoms with van der Waals surface area (Å²) >= 11 is 0. The van der Waals surface area contributed by atoms with Crippen molar-refractivity contribution in [1.82, 2.24) is 9.97 Å². The molecule has 0 radical (unpaired) electrons. The van der Waals surface area contributed by atoms with Gasteiger partial charge in [0.25, 0.3) is 0 Å². The van der Waals surface area contributed by atoms with E-state index < -0.39 is 0 Å². The van der Waals surface area contributed by atoms with Gasteiger partial charge >= 0.3 is 0 Å². The minimum absolute atomic E-state index is 0.399. The Morgan fingerprint density at radius 1 is 1.21 bits per heavy atom. The van der Waals surface area contributed by atoms with Gasteiger partial charge in [-0.2, -0.15) is 0 Å². The molecule has 0 spiro atoms. The van der Waals surface area contributed by atoms with E-state index in [4.69, 9.17) is 10.6 Å². The second kappa shape index (κ2) is 7.25. The lowest BCUT2D eigenvalue weighted by Crippen LogP contribution is -2.28. The van der Waals surface area contributed by atoms with Crippen molar-refractivity contribution in [3.63, 3.8) is 0 Å². The van der Waals surface area contributed by atoms with Crippen LogP contribution in [0, 0.1) is 0 Å². The molecule has 106 valence electrons. The molecule has 0 bridgehead atoms. The number of methoxy groups -OCH3 is 1. The highest BCUT2D eigenvalue weighted by molar-refractivity contribution is 5.48. The number of nitrogens with two attached hydrogens (primary N) is 1. The van der Waals surface area contributed by atoms with E-state index in [0.29, 0.717) is 18.2 Å². The highest BCUT2D eigenvalue weighted by Gasteiger charge is 2.13. The van der Waals surface area contributed by atoms with Crippen molar-refractivity contribution in [2.24, 2.45) is 5.84 Å². The van der Waals surface area contributed by atoms with Crippen LogP contribution in [0.1, 0.15) is 37.9 Å². The van der Waals surface area contributed by atoms with Crippen LogP contribution in [0.15, 0.2) is 6.07 Å². The van der Waals surface area contributed by atoms with E-state index in [1.165, 1.54) is 32.1 Å². The van der Waals surface area contributed by atoms with Crippen molar-refractivity contribution in [2.45, 2.75) is 38.7 Å². The van der Waals surface area contributed by atoms with Crippen LogP contribution in [0.5, 0.6) is 0 Å². The lowest BCUT2D eigenvalue weighted by atomic mass is 10.1. The molecular formula is C13H23N5O. The smallest absolute Gasteiger partial charge is 0.158 e. The number of hydrogen-bond acceptors (Lipinski definition) is 6. The molecule has 1 aliphatic heterocycles. The van der Waals surface area contributed by atoms with Gasteiger partial charge < -0.3 is 15.1 Å². The van der Waals surface area contributed by atoms with Crippen LogP contribution in [0.4, 0.5) is 11.6 Å². The lowest BCUT2D eigenvalue weighted by molar-refractivity contribution is 0.178. The normalized spacial score (nSPS) is 16.8. The first-order valence-electron chi connectivity index (χ1n) is 6.92. The Labute approximate surface area is 114 Å². The summed E-state index contributed by atoms with van der Waals surface area (Å²) in [6, 6.07) is 1.90. The van der Waals surface area contributed by atoms with Crippen LogP contribution in [0.25, 0.3) is 0 Å². The number of hydrazine groups is 1.